The van der Waals surface area contributed by atoms with E-state index < -0.39 is 4.92 Å². The minimum atomic E-state index is -0.392. The Morgan fingerprint density at radius 2 is 1.96 bits per heavy atom. The number of rotatable bonds is 4. The first-order valence-electron chi connectivity index (χ1n) is 8.21. The molecule has 0 aromatic heterocycles. The summed E-state index contributed by atoms with van der Waals surface area (Å²) < 4.78 is 0. The van der Waals surface area contributed by atoms with Crippen LogP contribution in [0.1, 0.15) is 25.7 Å². The van der Waals surface area contributed by atoms with Crippen molar-refractivity contribution in [2.24, 2.45) is 5.73 Å². The molecule has 0 bridgehead atoms. The predicted octanol–water partition coefficient (Wildman–Crippen LogP) is 2.17. The third kappa shape index (κ3) is 3.32. The second-order valence-electron chi connectivity index (χ2n) is 6.41. The maximum Gasteiger partial charge on any atom is 0.294 e. The number of primary amides is 1. The van der Waals surface area contributed by atoms with E-state index in [1.807, 2.05) is 4.90 Å². The zero-order chi connectivity index (χ0) is 17.3. The van der Waals surface area contributed by atoms with Crippen molar-refractivity contribution < 1.29 is 9.72 Å². The third-order valence-electron chi connectivity index (χ3n) is 5.03. The molecule has 0 saturated carbocycles. The van der Waals surface area contributed by atoms with Crippen molar-refractivity contribution in [3.05, 3.63) is 33.3 Å². The fourth-order valence-corrected chi connectivity index (χ4v) is 4.05. The van der Waals surface area contributed by atoms with Gasteiger partial charge in [-0.2, -0.15) is 0 Å². The summed E-state index contributed by atoms with van der Waals surface area (Å²) in [6, 6.07) is 4.94. The van der Waals surface area contributed by atoms with E-state index in [1.165, 1.54) is 6.07 Å². The zero-order valence-corrected chi connectivity index (χ0v) is 14.1. The van der Waals surface area contributed by atoms with Crippen molar-refractivity contribution >= 4 is 28.9 Å². The van der Waals surface area contributed by atoms with Gasteiger partial charge in [0.25, 0.3) is 5.69 Å². The molecule has 2 N–H and O–H groups in total. The maximum absolute atomic E-state index is 11.6. The van der Waals surface area contributed by atoms with E-state index in [9.17, 15) is 14.9 Å². The van der Waals surface area contributed by atoms with Crippen molar-refractivity contribution in [3.8, 4) is 0 Å². The molecule has 2 aliphatic heterocycles. The molecule has 1 atom stereocenters. The molecular formula is C16H21ClN4O3. The molecule has 24 heavy (non-hydrogen) atoms. The monoisotopic (exact) mass is 352 g/mol. The number of hydrogen-bond donors (Lipinski definition) is 1. The number of nitro groups is 1. The van der Waals surface area contributed by atoms with Crippen LogP contribution in [0.15, 0.2) is 18.2 Å². The maximum atomic E-state index is 11.6. The van der Waals surface area contributed by atoms with E-state index in [4.69, 9.17) is 17.3 Å². The molecule has 1 amide bonds. The number of benzene rings is 1. The van der Waals surface area contributed by atoms with Crippen LogP contribution in [0.5, 0.6) is 0 Å². The minimum Gasteiger partial charge on any atom is -0.368 e. The molecule has 1 aromatic carbocycles. The van der Waals surface area contributed by atoms with E-state index in [-0.39, 0.29) is 17.6 Å². The Bertz CT molecular complexity index is 646. The summed E-state index contributed by atoms with van der Waals surface area (Å²) in [7, 11) is 0. The van der Waals surface area contributed by atoms with Crippen LogP contribution in [0.25, 0.3) is 0 Å². The predicted molar refractivity (Wildman–Crippen MR) is 92.3 cm³/mol. The van der Waals surface area contributed by atoms with Crippen molar-refractivity contribution in [1.82, 2.24) is 4.90 Å². The summed E-state index contributed by atoms with van der Waals surface area (Å²) in [5.41, 5.74) is 6.15. The molecular weight excluding hydrogens is 332 g/mol. The van der Waals surface area contributed by atoms with E-state index >= 15 is 0 Å². The summed E-state index contributed by atoms with van der Waals surface area (Å²) in [6.45, 7) is 2.34. The Hall–Kier alpha value is -1.86. The number of halogens is 1. The highest BCUT2D eigenvalue weighted by Crippen LogP contribution is 2.34. The van der Waals surface area contributed by atoms with Crippen molar-refractivity contribution in [3.63, 3.8) is 0 Å². The van der Waals surface area contributed by atoms with Crippen molar-refractivity contribution in [2.45, 2.75) is 37.8 Å². The highest BCUT2D eigenvalue weighted by molar-refractivity contribution is 6.30. The first-order chi connectivity index (χ1) is 11.5. The fraction of sp³-hybridized carbons (Fsp3) is 0.562. The molecule has 0 aliphatic carbocycles. The second-order valence-corrected chi connectivity index (χ2v) is 6.84. The van der Waals surface area contributed by atoms with Crippen LogP contribution in [-0.2, 0) is 4.79 Å². The fourth-order valence-electron chi connectivity index (χ4n) is 3.88. The summed E-state index contributed by atoms with van der Waals surface area (Å²) in [5, 5.41) is 11.6. The number of carbonyl (C=O) groups excluding carboxylic acids is 1. The summed E-state index contributed by atoms with van der Waals surface area (Å²) in [5.74, 6) is -0.247. The molecule has 0 radical (unpaired) electrons. The van der Waals surface area contributed by atoms with Crippen LogP contribution in [0.2, 0.25) is 5.02 Å². The molecule has 130 valence electrons. The van der Waals surface area contributed by atoms with Gasteiger partial charge in [-0.05, 0) is 44.4 Å². The Kier molecular flexibility index (Phi) is 4.91. The molecule has 1 unspecified atom stereocenters. The van der Waals surface area contributed by atoms with Gasteiger partial charge in [-0.25, -0.2) is 0 Å². The van der Waals surface area contributed by atoms with Gasteiger partial charge in [0.05, 0.1) is 11.0 Å². The smallest absolute Gasteiger partial charge is 0.294 e. The molecule has 2 fully saturated rings. The number of piperidine rings is 1. The number of hydrogen-bond acceptors (Lipinski definition) is 5. The molecule has 2 heterocycles. The average molecular weight is 353 g/mol. The quantitative estimate of drug-likeness (QED) is 0.662. The van der Waals surface area contributed by atoms with Crippen LogP contribution >= 0.6 is 11.6 Å². The van der Waals surface area contributed by atoms with E-state index in [1.54, 1.807) is 12.1 Å². The van der Waals surface area contributed by atoms with Gasteiger partial charge in [-0.1, -0.05) is 11.6 Å². The van der Waals surface area contributed by atoms with Gasteiger partial charge >= 0.3 is 0 Å². The lowest BCUT2D eigenvalue weighted by molar-refractivity contribution is -0.384. The van der Waals surface area contributed by atoms with E-state index in [0.717, 1.165) is 45.3 Å². The van der Waals surface area contributed by atoms with Crippen LogP contribution in [0.3, 0.4) is 0 Å². The standard InChI is InChI=1S/C16H21ClN4O3/c17-11-3-4-13(15(10-11)21(23)24)19-8-5-12(6-9-19)20-7-1-2-14(20)16(18)22/h3-4,10,12,14H,1-2,5-9H2,(H2,18,22). The molecule has 2 aliphatic rings. The Morgan fingerprint density at radius 1 is 1.25 bits per heavy atom. The number of amides is 1. The SMILES string of the molecule is NC(=O)C1CCCN1C1CCN(c2ccc(Cl)cc2[N+](=O)[O-])CC1. The van der Waals surface area contributed by atoms with Gasteiger partial charge in [-0.15, -0.1) is 0 Å². The van der Waals surface area contributed by atoms with Crippen molar-refractivity contribution in [2.75, 3.05) is 24.5 Å². The highest BCUT2D eigenvalue weighted by atomic mass is 35.5. The lowest BCUT2D eigenvalue weighted by atomic mass is 10.0. The van der Waals surface area contributed by atoms with Crippen LogP contribution in [0.4, 0.5) is 11.4 Å². The topological polar surface area (TPSA) is 92.7 Å². The largest absolute Gasteiger partial charge is 0.368 e. The minimum absolute atomic E-state index is 0.0390. The Morgan fingerprint density at radius 3 is 2.58 bits per heavy atom. The molecule has 3 rings (SSSR count). The Balaban J connectivity index is 1.70. The number of anilines is 1. The van der Waals surface area contributed by atoms with Crippen LogP contribution < -0.4 is 10.6 Å². The number of nitro benzene ring substituents is 1. The molecule has 2 saturated heterocycles. The first-order valence-corrected chi connectivity index (χ1v) is 8.59. The number of carbonyl (C=O) groups is 1. The summed E-state index contributed by atoms with van der Waals surface area (Å²) in [6.07, 6.45) is 3.56. The zero-order valence-electron chi connectivity index (χ0n) is 13.4. The van der Waals surface area contributed by atoms with Gasteiger partial charge in [0, 0.05) is 30.2 Å². The normalized spacial score (nSPS) is 22.7. The van der Waals surface area contributed by atoms with Crippen LogP contribution in [0, 0.1) is 10.1 Å². The molecule has 1 aromatic rings. The van der Waals surface area contributed by atoms with Crippen molar-refractivity contribution in [1.29, 1.82) is 0 Å². The molecule has 0 spiro atoms. The Labute approximate surface area is 145 Å². The number of nitrogens with zero attached hydrogens (tertiary/aromatic N) is 3. The first kappa shape index (κ1) is 17.0. The third-order valence-corrected chi connectivity index (χ3v) is 5.27. The van der Waals surface area contributed by atoms with E-state index in [0.29, 0.717) is 16.8 Å². The summed E-state index contributed by atoms with van der Waals surface area (Å²) in [4.78, 5) is 26.7. The lowest BCUT2D eigenvalue weighted by Crippen LogP contribution is -2.50. The van der Waals surface area contributed by atoms with Gasteiger partial charge in [-0.3, -0.25) is 19.8 Å². The van der Waals surface area contributed by atoms with Gasteiger partial charge in [0.15, 0.2) is 0 Å². The second kappa shape index (κ2) is 6.94. The lowest BCUT2D eigenvalue weighted by Gasteiger charge is -2.39. The number of likely N-dealkylation sites (tertiary alicyclic amines) is 1. The average Bonchev–Trinajstić information content (AvgIpc) is 3.05. The molecule has 7 nitrogen and oxygen atoms in total. The van der Waals surface area contributed by atoms with Gasteiger partial charge in [0.2, 0.25) is 5.91 Å². The number of nitrogens with two attached hydrogens (primary N) is 1. The van der Waals surface area contributed by atoms with E-state index in [2.05, 4.69) is 4.90 Å². The van der Waals surface area contributed by atoms with Gasteiger partial charge in [0.1, 0.15) is 5.69 Å². The van der Waals surface area contributed by atoms with Crippen LogP contribution in [-0.4, -0.2) is 47.4 Å². The summed E-state index contributed by atoms with van der Waals surface area (Å²) >= 11 is 5.88. The molecule has 8 heteroatoms. The highest BCUT2D eigenvalue weighted by Gasteiger charge is 2.36. The van der Waals surface area contributed by atoms with Gasteiger partial charge < -0.3 is 10.6 Å².